The first-order chi connectivity index (χ1) is 11.0. The second kappa shape index (κ2) is 8.98. The van der Waals surface area contributed by atoms with Crippen LogP contribution in [0, 0.1) is 5.92 Å². The van der Waals surface area contributed by atoms with Gasteiger partial charge in [0.2, 0.25) is 0 Å². The fourth-order valence-electron chi connectivity index (χ4n) is 1.01. The topological polar surface area (TPSA) is 161 Å². The Kier molecular flexibility index (Phi) is 7.74. The van der Waals surface area contributed by atoms with E-state index in [1.807, 2.05) is 0 Å². The van der Waals surface area contributed by atoms with Crippen LogP contribution in [0.1, 0.15) is 20.8 Å². The largest absolute Gasteiger partial charge is 0.478 e. The average Bonchev–Trinajstić information content (AvgIpc) is 2.45. The van der Waals surface area contributed by atoms with Gasteiger partial charge in [-0.05, 0) is 20.8 Å². The standard InChI is InChI=1S/C14H14O10/c1-6(11(17)18)4-9(15)23-13(21)8(3)14(22)24-10(16)5-7(2)12(19)20/h4-5,8H,1-3H3,(H,17,18)(H,19,20)/b6-4-,7-5-. The maximum atomic E-state index is 11.5. The second-order valence-corrected chi connectivity index (χ2v) is 4.47. The molecule has 0 aromatic carbocycles. The van der Waals surface area contributed by atoms with Crippen molar-refractivity contribution in [2.24, 2.45) is 5.92 Å². The second-order valence-electron chi connectivity index (χ2n) is 4.47. The Balaban J connectivity index is 4.77. The van der Waals surface area contributed by atoms with Crippen LogP contribution >= 0.6 is 0 Å². The van der Waals surface area contributed by atoms with Crippen molar-refractivity contribution in [3.8, 4) is 0 Å². The zero-order valence-electron chi connectivity index (χ0n) is 12.9. The van der Waals surface area contributed by atoms with Gasteiger partial charge in [-0.1, -0.05) is 0 Å². The van der Waals surface area contributed by atoms with Crippen molar-refractivity contribution >= 4 is 35.8 Å². The maximum Gasteiger partial charge on any atom is 0.338 e. The molecule has 0 unspecified atom stereocenters. The number of carboxylic acid groups (broad SMARTS) is 2. The number of carbonyl (C=O) groups is 6. The first-order valence-corrected chi connectivity index (χ1v) is 6.30. The third-order valence-electron chi connectivity index (χ3n) is 2.45. The van der Waals surface area contributed by atoms with E-state index in [0.29, 0.717) is 12.2 Å². The Morgan fingerprint density at radius 1 is 0.750 bits per heavy atom. The van der Waals surface area contributed by atoms with Gasteiger partial charge in [0.25, 0.3) is 0 Å². The molecule has 0 aliphatic carbocycles. The molecule has 0 atom stereocenters. The van der Waals surface area contributed by atoms with Gasteiger partial charge in [-0.15, -0.1) is 0 Å². The molecule has 0 heterocycles. The molecule has 0 aromatic heterocycles. The summed E-state index contributed by atoms with van der Waals surface area (Å²) in [6, 6.07) is 0. The predicted molar refractivity (Wildman–Crippen MR) is 74.1 cm³/mol. The Hall–Kier alpha value is -3.30. The van der Waals surface area contributed by atoms with Crippen molar-refractivity contribution < 1.29 is 48.5 Å². The number of carboxylic acids is 2. The summed E-state index contributed by atoms with van der Waals surface area (Å²) in [6.07, 6.45) is 1.06. The quantitative estimate of drug-likeness (QED) is 0.376. The molecular formula is C14H14O10. The van der Waals surface area contributed by atoms with Crippen LogP contribution in [0.2, 0.25) is 0 Å². The molecular weight excluding hydrogens is 328 g/mol. The normalized spacial score (nSPS) is 11.7. The van der Waals surface area contributed by atoms with Gasteiger partial charge in [0.15, 0.2) is 5.92 Å². The van der Waals surface area contributed by atoms with Crippen LogP contribution in [-0.4, -0.2) is 46.0 Å². The van der Waals surface area contributed by atoms with Gasteiger partial charge in [0, 0.05) is 23.3 Å². The Morgan fingerprint density at radius 2 is 1.04 bits per heavy atom. The zero-order valence-corrected chi connectivity index (χ0v) is 12.9. The highest BCUT2D eigenvalue weighted by atomic mass is 16.6. The van der Waals surface area contributed by atoms with E-state index in [4.69, 9.17) is 10.2 Å². The van der Waals surface area contributed by atoms with Crippen LogP contribution in [0.4, 0.5) is 0 Å². The maximum absolute atomic E-state index is 11.5. The third kappa shape index (κ3) is 7.11. The Labute approximate surface area is 135 Å². The molecule has 10 heteroatoms. The number of aliphatic carboxylic acids is 2. The van der Waals surface area contributed by atoms with E-state index in [2.05, 4.69) is 9.47 Å². The predicted octanol–water partition coefficient (Wildman–Crippen LogP) is -0.176. The van der Waals surface area contributed by atoms with Crippen molar-refractivity contribution in [1.29, 1.82) is 0 Å². The first kappa shape index (κ1) is 20.7. The minimum atomic E-state index is -1.67. The van der Waals surface area contributed by atoms with Gasteiger partial charge in [-0.3, -0.25) is 9.59 Å². The number of esters is 4. The van der Waals surface area contributed by atoms with E-state index < -0.39 is 52.9 Å². The van der Waals surface area contributed by atoms with Gasteiger partial charge >= 0.3 is 35.8 Å². The highest BCUT2D eigenvalue weighted by molar-refractivity contribution is 6.06. The van der Waals surface area contributed by atoms with Gasteiger partial charge < -0.3 is 19.7 Å². The molecule has 0 amide bonds. The van der Waals surface area contributed by atoms with Crippen molar-refractivity contribution in [1.82, 2.24) is 0 Å². The van der Waals surface area contributed by atoms with E-state index in [9.17, 15) is 28.8 Å². The molecule has 0 radical (unpaired) electrons. The Morgan fingerprint density at radius 3 is 1.29 bits per heavy atom. The van der Waals surface area contributed by atoms with E-state index in [1.165, 1.54) is 0 Å². The van der Waals surface area contributed by atoms with Crippen molar-refractivity contribution in [3.05, 3.63) is 23.3 Å². The molecule has 24 heavy (non-hydrogen) atoms. The number of hydrogen-bond donors (Lipinski definition) is 2. The van der Waals surface area contributed by atoms with Crippen LogP contribution in [-0.2, 0) is 38.2 Å². The number of hydrogen-bond acceptors (Lipinski definition) is 8. The Bertz CT molecular complexity index is 596. The van der Waals surface area contributed by atoms with Gasteiger partial charge in [-0.2, -0.15) is 0 Å². The van der Waals surface area contributed by atoms with Crippen LogP contribution < -0.4 is 0 Å². The highest BCUT2D eigenvalue weighted by Crippen LogP contribution is 2.05. The fourth-order valence-corrected chi connectivity index (χ4v) is 1.01. The summed E-state index contributed by atoms with van der Waals surface area (Å²) < 4.78 is 8.43. The molecule has 0 rings (SSSR count). The number of ether oxygens (including phenoxy) is 2. The molecule has 0 aromatic rings. The molecule has 0 saturated heterocycles. The van der Waals surface area contributed by atoms with E-state index in [-0.39, 0.29) is 0 Å². The summed E-state index contributed by atoms with van der Waals surface area (Å²) in [7, 11) is 0. The lowest BCUT2D eigenvalue weighted by atomic mass is 10.2. The molecule has 10 nitrogen and oxygen atoms in total. The van der Waals surface area contributed by atoms with Crippen LogP contribution in [0.3, 0.4) is 0 Å². The minimum Gasteiger partial charge on any atom is -0.478 e. The molecule has 0 aliphatic rings. The van der Waals surface area contributed by atoms with E-state index in [1.54, 1.807) is 0 Å². The SMILES string of the molecule is C/C(=C/C(=O)OC(=O)C(C)C(=O)OC(=O)/C=C(/C)C(=O)O)C(=O)O. The molecule has 0 aliphatic heterocycles. The van der Waals surface area contributed by atoms with Crippen LogP contribution in [0.5, 0.6) is 0 Å². The number of carbonyl (C=O) groups excluding carboxylic acids is 4. The monoisotopic (exact) mass is 342 g/mol. The minimum absolute atomic E-state index is 0.396. The van der Waals surface area contributed by atoms with Gasteiger partial charge in [0.1, 0.15) is 0 Å². The summed E-state index contributed by atoms with van der Waals surface area (Å²) in [5, 5.41) is 17.1. The van der Waals surface area contributed by atoms with Crippen LogP contribution in [0.25, 0.3) is 0 Å². The van der Waals surface area contributed by atoms with Crippen molar-refractivity contribution in [2.45, 2.75) is 20.8 Å². The lowest BCUT2D eigenvalue weighted by Crippen LogP contribution is -2.28. The molecule has 0 bridgehead atoms. The molecule has 0 fully saturated rings. The highest BCUT2D eigenvalue weighted by Gasteiger charge is 2.28. The van der Waals surface area contributed by atoms with E-state index >= 15 is 0 Å². The summed E-state index contributed by atoms with van der Waals surface area (Å²) in [5.41, 5.74) is -0.792. The summed E-state index contributed by atoms with van der Waals surface area (Å²) in [4.78, 5) is 66.6. The van der Waals surface area contributed by atoms with Gasteiger partial charge in [-0.25, -0.2) is 19.2 Å². The third-order valence-corrected chi connectivity index (χ3v) is 2.45. The zero-order chi connectivity index (χ0) is 19.0. The lowest BCUT2D eigenvalue weighted by molar-refractivity contribution is -0.168. The summed E-state index contributed by atoms with van der Waals surface area (Å²) in [6.45, 7) is 3.15. The first-order valence-electron chi connectivity index (χ1n) is 6.30. The van der Waals surface area contributed by atoms with Crippen molar-refractivity contribution in [2.75, 3.05) is 0 Å². The summed E-state index contributed by atoms with van der Waals surface area (Å²) in [5.74, 6) is -9.84. The molecule has 0 spiro atoms. The van der Waals surface area contributed by atoms with Gasteiger partial charge in [0.05, 0.1) is 0 Å². The van der Waals surface area contributed by atoms with E-state index in [0.717, 1.165) is 20.8 Å². The lowest BCUT2D eigenvalue weighted by Gasteiger charge is -2.07. The van der Waals surface area contributed by atoms with Crippen molar-refractivity contribution in [3.63, 3.8) is 0 Å². The molecule has 0 saturated carbocycles. The molecule has 2 N–H and O–H groups in total. The number of rotatable bonds is 6. The fraction of sp³-hybridized carbons (Fsp3) is 0.286. The smallest absolute Gasteiger partial charge is 0.338 e. The molecule has 130 valence electrons. The average molecular weight is 342 g/mol. The van der Waals surface area contributed by atoms with Crippen LogP contribution in [0.15, 0.2) is 23.3 Å². The summed E-state index contributed by atoms with van der Waals surface area (Å²) >= 11 is 0.